The maximum Gasteiger partial charge on any atom is 0.265 e. The molecule has 0 saturated carbocycles. The van der Waals surface area contributed by atoms with Crippen molar-refractivity contribution in [2.75, 3.05) is 29.3 Å². The molecular weight excluding hydrogens is 408 g/mol. The van der Waals surface area contributed by atoms with Crippen LogP contribution in [0.3, 0.4) is 0 Å². The topological polar surface area (TPSA) is 65.5 Å². The predicted molar refractivity (Wildman–Crippen MR) is 125 cm³/mol. The largest absolute Gasteiger partial charge is 0.366 e. The van der Waals surface area contributed by atoms with E-state index in [0.717, 1.165) is 26.1 Å². The van der Waals surface area contributed by atoms with Gasteiger partial charge in [0.1, 0.15) is 10.7 Å². The van der Waals surface area contributed by atoms with E-state index in [9.17, 15) is 8.42 Å². The summed E-state index contributed by atoms with van der Waals surface area (Å²) in [5, 5.41) is 3.45. The first kappa shape index (κ1) is 21.3. The average molecular weight is 437 g/mol. The van der Waals surface area contributed by atoms with Crippen LogP contribution in [0.5, 0.6) is 0 Å². The quantitative estimate of drug-likeness (QED) is 0.579. The zero-order valence-electron chi connectivity index (χ0n) is 17.7. The fourth-order valence-corrected chi connectivity index (χ4v) is 5.40. The minimum absolute atomic E-state index is 0.195. The molecule has 0 aliphatic carbocycles. The first-order valence-electron chi connectivity index (χ1n) is 10.6. The molecular formula is C24H28N4O2S. The lowest BCUT2D eigenvalue weighted by Crippen LogP contribution is -2.31. The van der Waals surface area contributed by atoms with Crippen molar-refractivity contribution < 1.29 is 8.42 Å². The van der Waals surface area contributed by atoms with Crippen molar-refractivity contribution in [2.45, 2.75) is 30.8 Å². The summed E-state index contributed by atoms with van der Waals surface area (Å²) in [6.07, 6.45) is 2.48. The second-order valence-electron chi connectivity index (χ2n) is 7.74. The van der Waals surface area contributed by atoms with Crippen LogP contribution in [0.1, 0.15) is 18.9 Å². The van der Waals surface area contributed by atoms with E-state index in [1.807, 2.05) is 31.2 Å². The first-order valence-corrected chi connectivity index (χ1v) is 12.1. The molecule has 1 N–H and O–H groups in total. The molecule has 0 radical (unpaired) electrons. The molecule has 1 aliphatic heterocycles. The SMILES string of the molecule is CCN(c1ccccc1)S(=O)(=O)c1ccc(NC2CCN(Cc3ccccc3)C2)nc1. The number of likely N-dealkylation sites (tertiary alicyclic amines) is 1. The summed E-state index contributed by atoms with van der Waals surface area (Å²) in [6.45, 7) is 5.09. The maximum absolute atomic E-state index is 13.1. The molecule has 6 nitrogen and oxygen atoms in total. The highest BCUT2D eigenvalue weighted by atomic mass is 32.2. The Morgan fingerprint density at radius 3 is 2.39 bits per heavy atom. The fraction of sp³-hybridized carbons (Fsp3) is 0.292. The molecule has 1 unspecified atom stereocenters. The number of pyridine rings is 1. The minimum Gasteiger partial charge on any atom is -0.366 e. The average Bonchev–Trinajstić information content (AvgIpc) is 3.22. The summed E-state index contributed by atoms with van der Waals surface area (Å²) >= 11 is 0. The Kier molecular flexibility index (Phi) is 6.53. The van der Waals surface area contributed by atoms with Crippen molar-refractivity contribution in [3.8, 4) is 0 Å². The van der Waals surface area contributed by atoms with Gasteiger partial charge >= 0.3 is 0 Å². The van der Waals surface area contributed by atoms with E-state index in [1.165, 1.54) is 16.1 Å². The van der Waals surface area contributed by atoms with Crippen molar-refractivity contribution in [2.24, 2.45) is 0 Å². The molecule has 1 aliphatic rings. The number of aromatic nitrogens is 1. The fourth-order valence-electron chi connectivity index (χ4n) is 3.98. The molecule has 0 bridgehead atoms. The van der Waals surface area contributed by atoms with Gasteiger partial charge in [0.2, 0.25) is 0 Å². The van der Waals surface area contributed by atoms with Crippen LogP contribution in [0.15, 0.2) is 83.9 Å². The highest BCUT2D eigenvalue weighted by Crippen LogP contribution is 2.24. The molecule has 1 fully saturated rings. The van der Waals surface area contributed by atoms with E-state index in [0.29, 0.717) is 24.1 Å². The molecule has 0 spiro atoms. The molecule has 3 aromatic rings. The Labute approximate surface area is 184 Å². The summed E-state index contributed by atoms with van der Waals surface area (Å²) in [6, 6.07) is 23.3. The van der Waals surface area contributed by atoms with Crippen LogP contribution in [0.2, 0.25) is 0 Å². The second kappa shape index (κ2) is 9.49. The number of nitrogens with zero attached hydrogens (tertiary/aromatic N) is 3. The smallest absolute Gasteiger partial charge is 0.265 e. The number of rotatable bonds is 8. The summed E-state index contributed by atoms with van der Waals surface area (Å²) in [4.78, 5) is 7.01. The molecule has 1 aromatic heterocycles. The standard InChI is InChI=1S/C24H28N4O2S/c1-2-28(22-11-7-4-8-12-22)31(29,30)23-13-14-24(25-17-23)26-21-15-16-27(19-21)18-20-9-5-3-6-10-20/h3-14,17,21H,2,15-16,18-19H2,1H3,(H,25,26). The molecule has 1 atom stereocenters. The van der Waals surface area contributed by atoms with E-state index in [4.69, 9.17) is 0 Å². The first-order chi connectivity index (χ1) is 15.1. The van der Waals surface area contributed by atoms with Gasteiger partial charge in [0.15, 0.2) is 0 Å². The lowest BCUT2D eigenvalue weighted by atomic mass is 10.2. The van der Waals surface area contributed by atoms with Gasteiger partial charge < -0.3 is 5.32 Å². The van der Waals surface area contributed by atoms with Gasteiger partial charge in [-0.25, -0.2) is 13.4 Å². The Bertz CT molecular complexity index is 1070. The lowest BCUT2D eigenvalue weighted by Gasteiger charge is -2.23. The van der Waals surface area contributed by atoms with Crippen LogP contribution in [-0.2, 0) is 16.6 Å². The van der Waals surface area contributed by atoms with Crippen molar-refractivity contribution in [3.63, 3.8) is 0 Å². The predicted octanol–water partition coefficient (Wildman–Crippen LogP) is 3.98. The normalized spacial score (nSPS) is 16.9. The maximum atomic E-state index is 13.1. The highest BCUT2D eigenvalue weighted by Gasteiger charge is 2.25. The Morgan fingerprint density at radius 2 is 1.74 bits per heavy atom. The van der Waals surface area contributed by atoms with Gasteiger partial charge in [-0.05, 0) is 43.2 Å². The third kappa shape index (κ3) is 5.06. The number of anilines is 2. The molecule has 7 heteroatoms. The van der Waals surface area contributed by atoms with Crippen molar-refractivity contribution in [1.29, 1.82) is 0 Å². The number of sulfonamides is 1. The van der Waals surface area contributed by atoms with Gasteiger partial charge in [-0.15, -0.1) is 0 Å². The van der Waals surface area contributed by atoms with Crippen molar-refractivity contribution in [3.05, 3.63) is 84.6 Å². The van der Waals surface area contributed by atoms with Crippen LogP contribution in [0, 0.1) is 0 Å². The van der Waals surface area contributed by atoms with E-state index in [-0.39, 0.29) is 4.90 Å². The minimum atomic E-state index is -3.66. The molecule has 1 saturated heterocycles. The number of benzene rings is 2. The summed E-state index contributed by atoms with van der Waals surface area (Å²) in [5.74, 6) is 0.702. The van der Waals surface area contributed by atoms with Crippen LogP contribution in [0.25, 0.3) is 0 Å². The van der Waals surface area contributed by atoms with Gasteiger partial charge in [-0.2, -0.15) is 0 Å². The van der Waals surface area contributed by atoms with E-state index < -0.39 is 10.0 Å². The van der Waals surface area contributed by atoms with Crippen LogP contribution >= 0.6 is 0 Å². The third-order valence-electron chi connectivity index (χ3n) is 5.53. The monoisotopic (exact) mass is 436 g/mol. The molecule has 2 heterocycles. The van der Waals surface area contributed by atoms with Crippen LogP contribution in [0.4, 0.5) is 11.5 Å². The number of para-hydroxylation sites is 1. The third-order valence-corrected chi connectivity index (χ3v) is 7.42. The van der Waals surface area contributed by atoms with Gasteiger partial charge in [-0.3, -0.25) is 9.21 Å². The molecule has 31 heavy (non-hydrogen) atoms. The Morgan fingerprint density at radius 1 is 1.03 bits per heavy atom. The summed E-state index contributed by atoms with van der Waals surface area (Å²) in [7, 11) is -3.66. The molecule has 0 amide bonds. The zero-order valence-corrected chi connectivity index (χ0v) is 18.5. The van der Waals surface area contributed by atoms with Crippen molar-refractivity contribution in [1.82, 2.24) is 9.88 Å². The summed E-state index contributed by atoms with van der Waals surface area (Å²) < 4.78 is 27.6. The van der Waals surface area contributed by atoms with Crippen molar-refractivity contribution >= 4 is 21.5 Å². The zero-order chi connectivity index (χ0) is 21.7. The number of hydrogen-bond donors (Lipinski definition) is 1. The van der Waals surface area contributed by atoms with Gasteiger partial charge in [-0.1, -0.05) is 48.5 Å². The lowest BCUT2D eigenvalue weighted by molar-refractivity contribution is 0.328. The van der Waals surface area contributed by atoms with E-state index in [2.05, 4.69) is 39.5 Å². The van der Waals surface area contributed by atoms with E-state index >= 15 is 0 Å². The molecule has 4 rings (SSSR count). The molecule has 2 aromatic carbocycles. The van der Waals surface area contributed by atoms with Crippen LogP contribution < -0.4 is 9.62 Å². The second-order valence-corrected chi connectivity index (χ2v) is 9.60. The van der Waals surface area contributed by atoms with E-state index in [1.54, 1.807) is 24.3 Å². The van der Waals surface area contributed by atoms with Gasteiger partial charge in [0, 0.05) is 38.4 Å². The van der Waals surface area contributed by atoms with Gasteiger partial charge in [0.05, 0.1) is 5.69 Å². The highest BCUT2D eigenvalue weighted by molar-refractivity contribution is 7.92. The van der Waals surface area contributed by atoms with Crippen LogP contribution in [-0.4, -0.2) is 44.0 Å². The summed E-state index contributed by atoms with van der Waals surface area (Å²) in [5.41, 5.74) is 1.96. The molecule has 162 valence electrons. The van der Waals surface area contributed by atoms with Gasteiger partial charge in [0.25, 0.3) is 10.0 Å². The Hall–Kier alpha value is -2.90. The Balaban J connectivity index is 1.39. The number of hydrogen-bond acceptors (Lipinski definition) is 5. The number of nitrogens with one attached hydrogen (secondary N) is 1.